The molecule has 3 N–H and O–H groups in total. The van der Waals surface area contributed by atoms with Crippen molar-refractivity contribution in [1.29, 1.82) is 0 Å². The van der Waals surface area contributed by atoms with E-state index in [1.807, 2.05) is 12.1 Å². The van der Waals surface area contributed by atoms with Gasteiger partial charge >= 0.3 is 0 Å². The largest absolute Gasteiger partial charge is 0.390 e. The van der Waals surface area contributed by atoms with E-state index in [0.717, 1.165) is 37.2 Å². The van der Waals surface area contributed by atoms with Crippen LogP contribution in [0.25, 0.3) is 0 Å². The highest BCUT2D eigenvalue weighted by atomic mass is 16.3. The summed E-state index contributed by atoms with van der Waals surface area (Å²) in [7, 11) is 0. The number of pyridine rings is 1. The van der Waals surface area contributed by atoms with Crippen molar-refractivity contribution < 1.29 is 5.11 Å². The van der Waals surface area contributed by atoms with Gasteiger partial charge in [-0.25, -0.2) is 4.98 Å². The van der Waals surface area contributed by atoms with E-state index in [0.29, 0.717) is 12.2 Å². The van der Waals surface area contributed by atoms with Crippen molar-refractivity contribution in [3.63, 3.8) is 0 Å². The van der Waals surface area contributed by atoms with Crippen molar-refractivity contribution in [1.82, 2.24) is 4.98 Å². The standard InChI is InChI=1S/C14H22N2O/c1-2-11-3-6-14(17,7-4-11)10-12-5-8-16-13(15)9-12/h5,8-9,11,17H,2-4,6-7,10H2,1H3,(H2,15,16). The molecule has 0 saturated heterocycles. The highest BCUT2D eigenvalue weighted by molar-refractivity contribution is 5.32. The molecule has 1 aromatic rings. The van der Waals surface area contributed by atoms with Gasteiger partial charge in [0.05, 0.1) is 5.60 Å². The highest BCUT2D eigenvalue weighted by Crippen LogP contribution is 2.35. The third-order valence-corrected chi connectivity index (χ3v) is 3.99. The van der Waals surface area contributed by atoms with Crippen LogP contribution in [-0.2, 0) is 6.42 Å². The van der Waals surface area contributed by atoms with Crippen LogP contribution < -0.4 is 5.73 Å². The second-order valence-electron chi connectivity index (χ2n) is 5.34. The van der Waals surface area contributed by atoms with Gasteiger partial charge < -0.3 is 10.8 Å². The van der Waals surface area contributed by atoms with Crippen molar-refractivity contribution in [3.8, 4) is 0 Å². The zero-order chi connectivity index (χ0) is 12.3. The minimum absolute atomic E-state index is 0.528. The number of rotatable bonds is 3. The van der Waals surface area contributed by atoms with Crippen molar-refractivity contribution >= 4 is 5.82 Å². The predicted octanol–water partition coefficient (Wildman–Crippen LogP) is 2.54. The van der Waals surface area contributed by atoms with E-state index in [4.69, 9.17) is 5.73 Å². The van der Waals surface area contributed by atoms with E-state index in [-0.39, 0.29) is 0 Å². The molecule has 0 unspecified atom stereocenters. The molecule has 17 heavy (non-hydrogen) atoms. The predicted molar refractivity (Wildman–Crippen MR) is 69.6 cm³/mol. The van der Waals surface area contributed by atoms with Crippen LogP contribution in [0.4, 0.5) is 5.82 Å². The Morgan fingerprint density at radius 3 is 2.76 bits per heavy atom. The van der Waals surface area contributed by atoms with Gasteiger partial charge in [0.2, 0.25) is 0 Å². The Morgan fingerprint density at radius 2 is 2.18 bits per heavy atom. The first kappa shape index (κ1) is 12.4. The Labute approximate surface area is 103 Å². The lowest BCUT2D eigenvalue weighted by Gasteiger charge is -2.36. The zero-order valence-electron chi connectivity index (χ0n) is 10.5. The summed E-state index contributed by atoms with van der Waals surface area (Å²) in [5.74, 6) is 1.34. The molecule has 3 heteroatoms. The zero-order valence-corrected chi connectivity index (χ0v) is 10.5. The Balaban J connectivity index is 1.99. The fourth-order valence-corrected chi connectivity index (χ4v) is 2.78. The average molecular weight is 234 g/mol. The molecule has 1 aliphatic carbocycles. The van der Waals surface area contributed by atoms with Crippen molar-refractivity contribution in [2.75, 3.05) is 5.73 Å². The third kappa shape index (κ3) is 3.19. The maximum Gasteiger partial charge on any atom is 0.123 e. The number of anilines is 1. The van der Waals surface area contributed by atoms with Gasteiger partial charge in [0, 0.05) is 12.6 Å². The molecule has 1 fully saturated rings. The van der Waals surface area contributed by atoms with Crippen LogP contribution in [0.5, 0.6) is 0 Å². The molecular formula is C14H22N2O. The van der Waals surface area contributed by atoms with Crippen molar-refractivity contribution in [2.45, 2.75) is 51.0 Å². The number of hydrogen-bond donors (Lipinski definition) is 2. The minimum Gasteiger partial charge on any atom is -0.390 e. The van der Waals surface area contributed by atoms with Gasteiger partial charge in [0.1, 0.15) is 5.82 Å². The molecule has 0 bridgehead atoms. The van der Waals surface area contributed by atoms with Crippen LogP contribution in [0.3, 0.4) is 0 Å². The van der Waals surface area contributed by atoms with E-state index in [1.165, 1.54) is 6.42 Å². The second kappa shape index (κ2) is 5.05. The van der Waals surface area contributed by atoms with Gasteiger partial charge in [0.25, 0.3) is 0 Å². The van der Waals surface area contributed by atoms with Crippen LogP contribution in [0.2, 0.25) is 0 Å². The van der Waals surface area contributed by atoms with E-state index >= 15 is 0 Å². The summed E-state index contributed by atoms with van der Waals surface area (Å²) >= 11 is 0. The Kier molecular flexibility index (Phi) is 3.67. The van der Waals surface area contributed by atoms with Gasteiger partial charge in [-0.05, 0) is 49.3 Å². The SMILES string of the molecule is CCC1CCC(O)(Cc2ccnc(N)c2)CC1. The Morgan fingerprint density at radius 1 is 1.47 bits per heavy atom. The van der Waals surface area contributed by atoms with E-state index in [2.05, 4.69) is 11.9 Å². The summed E-state index contributed by atoms with van der Waals surface area (Å²) in [5.41, 5.74) is 6.22. The fourth-order valence-electron chi connectivity index (χ4n) is 2.78. The molecule has 0 atom stereocenters. The van der Waals surface area contributed by atoms with Crippen molar-refractivity contribution in [2.24, 2.45) is 5.92 Å². The Hall–Kier alpha value is -1.09. The van der Waals surface area contributed by atoms with E-state index in [9.17, 15) is 5.11 Å². The fraction of sp³-hybridized carbons (Fsp3) is 0.643. The Bertz CT molecular complexity index is 370. The summed E-state index contributed by atoms with van der Waals surface area (Å²) < 4.78 is 0. The molecule has 0 spiro atoms. The maximum atomic E-state index is 10.6. The van der Waals surface area contributed by atoms with Gasteiger partial charge in [-0.15, -0.1) is 0 Å². The molecule has 0 aromatic carbocycles. The lowest BCUT2D eigenvalue weighted by atomic mass is 9.75. The molecule has 1 saturated carbocycles. The number of nitrogen functional groups attached to an aromatic ring is 1. The first-order valence-corrected chi connectivity index (χ1v) is 6.54. The van der Waals surface area contributed by atoms with Crippen LogP contribution in [0.15, 0.2) is 18.3 Å². The first-order chi connectivity index (χ1) is 8.11. The number of nitrogens with two attached hydrogens (primary N) is 1. The van der Waals surface area contributed by atoms with Gasteiger partial charge in [-0.2, -0.15) is 0 Å². The number of nitrogens with zero attached hydrogens (tertiary/aromatic N) is 1. The number of aromatic nitrogens is 1. The molecule has 0 aliphatic heterocycles. The minimum atomic E-state index is -0.528. The quantitative estimate of drug-likeness (QED) is 0.845. The molecule has 1 heterocycles. The van der Waals surface area contributed by atoms with E-state index in [1.54, 1.807) is 6.20 Å². The molecule has 1 aromatic heterocycles. The van der Waals surface area contributed by atoms with Crippen LogP contribution in [0, 0.1) is 5.92 Å². The number of aliphatic hydroxyl groups is 1. The second-order valence-corrected chi connectivity index (χ2v) is 5.34. The van der Waals surface area contributed by atoms with Crippen LogP contribution in [-0.4, -0.2) is 15.7 Å². The molecule has 94 valence electrons. The molecular weight excluding hydrogens is 212 g/mol. The molecule has 1 aliphatic rings. The summed E-state index contributed by atoms with van der Waals surface area (Å²) in [5, 5.41) is 10.6. The van der Waals surface area contributed by atoms with Gasteiger partial charge in [-0.1, -0.05) is 13.3 Å². The van der Waals surface area contributed by atoms with Gasteiger partial charge in [-0.3, -0.25) is 0 Å². The third-order valence-electron chi connectivity index (χ3n) is 3.99. The average Bonchev–Trinajstić information content (AvgIpc) is 2.29. The summed E-state index contributed by atoms with van der Waals surface area (Å²) in [6.07, 6.45) is 7.77. The molecule has 3 nitrogen and oxygen atoms in total. The van der Waals surface area contributed by atoms with Crippen molar-refractivity contribution in [3.05, 3.63) is 23.9 Å². The van der Waals surface area contributed by atoms with E-state index < -0.39 is 5.60 Å². The number of hydrogen-bond acceptors (Lipinski definition) is 3. The molecule has 2 rings (SSSR count). The summed E-state index contributed by atoms with van der Waals surface area (Å²) in [6.45, 7) is 2.23. The normalized spacial score (nSPS) is 29.2. The summed E-state index contributed by atoms with van der Waals surface area (Å²) in [4.78, 5) is 3.98. The smallest absolute Gasteiger partial charge is 0.123 e. The highest BCUT2D eigenvalue weighted by Gasteiger charge is 2.32. The van der Waals surface area contributed by atoms with Gasteiger partial charge in [0.15, 0.2) is 0 Å². The summed E-state index contributed by atoms with van der Waals surface area (Å²) in [6, 6.07) is 3.81. The first-order valence-electron chi connectivity index (χ1n) is 6.54. The maximum absolute atomic E-state index is 10.6. The lowest BCUT2D eigenvalue weighted by Crippen LogP contribution is -2.36. The van der Waals surface area contributed by atoms with Crippen LogP contribution >= 0.6 is 0 Å². The monoisotopic (exact) mass is 234 g/mol. The molecule has 0 radical (unpaired) electrons. The molecule has 0 amide bonds. The topological polar surface area (TPSA) is 59.1 Å². The lowest BCUT2D eigenvalue weighted by molar-refractivity contribution is -0.00921. The van der Waals surface area contributed by atoms with Crippen LogP contribution in [0.1, 0.15) is 44.6 Å².